The van der Waals surface area contributed by atoms with Crippen LogP contribution in [0.3, 0.4) is 0 Å². The summed E-state index contributed by atoms with van der Waals surface area (Å²) in [5.41, 5.74) is 3.29. The van der Waals surface area contributed by atoms with Crippen LogP contribution in [0.25, 0.3) is 11.1 Å². The van der Waals surface area contributed by atoms with Crippen molar-refractivity contribution in [3.05, 3.63) is 114 Å². The van der Waals surface area contributed by atoms with Gasteiger partial charge in [0.15, 0.2) is 0 Å². The number of benzene rings is 4. The molecule has 4 aromatic rings. The van der Waals surface area contributed by atoms with Gasteiger partial charge in [0.25, 0.3) is 0 Å². The van der Waals surface area contributed by atoms with Crippen LogP contribution in [0.15, 0.2) is 108 Å². The van der Waals surface area contributed by atoms with Crippen molar-refractivity contribution in [2.24, 2.45) is 0 Å². The maximum Gasteiger partial charge on any atom is 0.416 e. The molecule has 178 valence electrons. The van der Waals surface area contributed by atoms with Crippen LogP contribution < -0.4 is 15.4 Å². The van der Waals surface area contributed by atoms with Crippen molar-refractivity contribution in [1.29, 1.82) is 0 Å². The average molecular weight is 494 g/mol. The second-order valence-corrected chi connectivity index (χ2v) is 8.50. The highest BCUT2D eigenvalue weighted by Gasteiger charge is 2.30. The maximum absolute atomic E-state index is 12.8. The van der Waals surface area contributed by atoms with Gasteiger partial charge >= 0.3 is 12.2 Å². The Hall–Kier alpha value is -3.91. The van der Waals surface area contributed by atoms with E-state index in [0.29, 0.717) is 11.3 Å². The van der Waals surface area contributed by atoms with Crippen molar-refractivity contribution in [3.63, 3.8) is 0 Å². The van der Waals surface area contributed by atoms with E-state index < -0.39 is 17.8 Å². The first-order valence-corrected chi connectivity index (χ1v) is 11.6. The number of nitrogens with one attached hydrogen (secondary N) is 3. The van der Waals surface area contributed by atoms with E-state index in [1.165, 1.54) is 24.1 Å². The molecular formula is C27H22F3N3OS. The molecule has 0 heterocycles. The molecule has 0 saturated carbocycles. The van der Waals surface area contributed by atoms with E-state index in [2.05, 4.69) is 33.6 Å². The summed E-state index contributed by atoms with van der Waals surface area (Å²) in [6.45, 7) is -0.0210. The fourth-order valence-corrected chi connectivity index (χ4v) is 4.17. The minimum absolute atomic E-state index is 0.0210. The van der Waals surface area contributed by atoms with Crippen molar-refractivity contribution < 1.29 is 18.0 Å². The van der Waals surface area contributed by atoms with Crippen molar-refractivity contribution in [2.45, 2.75) is 17.6 Å². The molecular weight excluding hydrogens is 471 g/mol. The Morgan fingerprint density at radius 1 is 0.771 bits per heavy atom. The Morgan fingerprint density at radius 2 is 1.46 bits per heavy atom. The van der Waals surface area contributed by atoms with Gasteiger partial charge < -0.3 is 15.4 Å². The van der Waals surface area contributed by atoms with E-state index in [4.69, 9.17) is 0 Å². The number of urea groups is 1. The number of carbonyl (C=O) groups excluding carboxylic acids is 1. The van der Waals surface area contributed by atoms with Crippen molar-refractivity contribution >= 4 is 29.4 Å². The lowest BCUT2D eigenvalue weighted by Crippen LogP contribution is -2.28. The Balaban J connectivity index is 1.30. The summed E-state index contributed by atoms with van der Waals surface area (Å²) in [5, 5.41) is 5.25. The van der Waals surface area contributed by atoms with Crippen LogP contribution in [-0.4, -0.2) is 6.03 Å². The molecule has 0 atom stereocenters. The van der Waals surface area contributed by atoms with Crippen LogP contribution in [0, 0.1) is 0 Å². The molecule has 0 aliphatic rings. The van der Waals surface area contributed by atoms with Gasteiger partial charge in [-0.05, 0) is 71.1 Å². The SMILES string of the molecule is O=C(NCc1cccc(C(F)(F)F)c1)Nc1ccc(NSc2ccccc2-c2ccccc2)cc1. The minimum Gasteiger partial charge on any atom is -0.334 e. The molecule has 3 N–H and O–H groups in total. The molecule has 0 aliphatic heterocycles. The first-order valence-electron chi connectivity index (χ1n) is 10.8. The van der Waals surface area contributed by atoms with Gasteiger partial charge in [0.1, 0.15) is 0 Å². The van der Waals surface area contributed by atoms with Crippen LogP contribution in [0.4, 0.5) is 29.3 Å². The fourth-order valence-electron chi connectivity index (χ4n) is 3.36. The Kier molecular flexibility index (Phi) is 7.62. The molecule has 35 heavy (non-hydrogen) atoms. The first kappa shape index (κ1) is 24.2. The van der Waals surface area contributed by atoms with Gasteiger partial charge in [0.05, 0.1) is 5.56 Å². The predicted octanol–water partition coefficient (Wildman–Crippen LogP) is 7.81. The standard InChI is InChI=1S/C27H22F3N3OS/c28-27(29,30)21-10-6-7-19(17-21)18-31-26(34)32-22-13-15-23(16-14-22)33-35-25-12-5-4-11-24(25)20-8-2-1-3-9-20/h1-17,33H,18H2,(H2,31,32,34). The smallest absolute Gasteiger partial charge is 0.334 e. The highest BCUT2D eigenvalue weighted by molar-refractivity contribution is 8.00. The van der Waals surface area contributed by atoms with Crippen LogP contribution in [0.2, 0.25) is 0 Å². The molecule has 4 rings (SSSR count). The van der Waals surface area contributed by atoms with Gasteiger partial charge in [-0.3, -0.25) is 0 Å². The molecule has 0 spiro atoms. The number of carbonyl (C=O) groups is 1. The Morgan fingerprint density at radius 3 is 2.20 bits per heavy atom. The molecule has 8 heteroatoms. The molecule has 0 fully saturated rings. The average Bonchev–Trinajstić information content (AvgIpc) is 2.87. The van der Waals surface area contributed by atoms with E-state index in [1.54, 1.807) is 12.1 Å². The van der Waals surface area contributed by atoms with Gasteiger partial charge in [-0.25, -0.2) is 4.79 Å². The quantitative estimate of drug-likeness (QED) is 0.230. The number of anilines is 2. The Bertz CT molecular complexity index is 1280. The summed E-state index contributed by atoms with van der Waals surface area (Å²) in [6, 6.07) is 29.8. The number of hydrogen-bond acceptors (Lipinski definition) is 3. The Labute approximate surface area is 205 Å². The molecule has 0 saturated heterocycles. The summed E-state index contributed by atoms with van der Waals surface area (Å²) in [6.07, 6.45) is -4.42. The van der Waals surface area contributed by atoms with Crippen LogP contribution in [-0.2, 0) is 12.7 Å². The summed E-state index contributed by atoms with van der Waals surface area (Å²) in [4.78, 5) is 13.2. The number of hydrogen-bond donors (Lipinski definition) is 3. The summed E-state index contributed by atoms with van der Waals surface area (Å²) < 4.78 is 41.8. The summed E-state index contributed by atoms with van der Waals surface area (Å²) in [7, 11) is 0. The van der Waals surface area contributed by atoms with Gasteiger partial charge in [0, 0.05) is 22.8 Å². The van der Waals surface area contributed by atoms with Crippen molar-refractivity contribution in [2.75, 3.05) is 10.0 Å². The van der Waals surface area contributed by atoms with E-state index in [1.807, 2.05) is 48.5 Å². The van der Waals surface area contributed by atoms with Crippen LogP contribution in [0.5, 0.6) is 0 Å². The normalized spacial score (nSPS) is 11.1. The number of amides is 2. The monoisotopic (exact) mass is 493 g/mol. The molecule has 0 aliphatic carbocycles. The lowest BCUT2D eigenvalue weighted by atomic mass is 10.1. The largest absolute Gasteiger partial charge is 0.416 e. The minimum atomic E-state index is -4.42. The van der Waals surface area contributed by atoms with Gasteiger partial charge in [-0.2, -0.15) is 13.2 Å². The maximum atomic E-state index is 12.8. The van der Waals surface area contributed by atoms with Crippen molar-refractivity contribution in [3.8, 4) is 11.1 Å². The summed E-state index contributed by atoms with van der Waals surface area (Å²) in [5.74, 6) is 0. The third-order valence-electron chi connectivity index (χ3n) is 5.10. The second kappa shape index (κ2) is 11.0. The zero-order chi connectivity index (χ0) is 24.7. The van der Waals surface area contributed by atoms with E-state index >= 15 is 0 Å². The second-order valence-electron chi connectivity index (χ2n) is 7.65. The molecule has 4 aromatic carbocycles. The van der Waals surface area contributed by atoms with Gasteiger partial charge in [-0.1, -0.05) is 60.7 Å². The molecule has 2 amide bonds. The topological polar surface area (TPSA) is 53.2 Å². The lowest BCUT2D eigenvalue weighted by molar-refractivity contribution is -0.137. The number of rotatable bonds is 7. The molecule has 0 unspecified atom stereocenters. The molecule has 0 radical (unpaired) electrons. The number of halogens is 3. The predicted molar refractivity (Wildman–Crippen MR) is 135 cm³/mol. The third kappa shape index (κ3) is 6.80. The fraction of sp³-hybridized carbons (Fsp3) is 0.0741. The molecule has 0 aromatic heterocycles. The van der Waals surface area contributed by atoms with Gasteiger partial charge in [-0.15, -0.1) is 0 Å². The van der Waals surface area contributed by atoms with Gasteiger partial charge in [0.2, 0.25) is 0 Å². The number of alkyl halides is 3. The summed E-state index contributed by atoms with van der Waals surface area (Å²) >= 11 is 1.49. The third-order valence-corrected chi connectivity index (χ3v) is 6.01. The highest BCUT2D eigenvalue weighted by atomic mass is 32.2. The van der Waals surface area contributed by atoms with Crippen LogP contribution >= 0.6 is 11.9 Å². The zero-order valence-electron chi connectivity index (χ0n) is 18.5. The molecule has 0 bridgehead atoms. The molecule has 4 nitrogen and oxygen atoms in total. The van der Waals surface area contributed by atoms with Crippen molar-refractivity contribution in [1.82, 2.24) is 5.32 Å². The van der Waals surface area contributed by atoms with E-state index in [0.717, 1.165) is 33.8 Å². The van der Waals surface area contributed by atoms with E-state index in [9.17, 15) is 18.0 Å². The zero-order valence-corrected chi connectivity index (χ0v) is 19.3. The van der Waals surface area contributed by atoms with Crippen LogP contribution in [0.1, 0.15) is 11.1 Å². The lowest BCUT2D eigenvalue weighted by Gasteiger charge is -2.12. The highest BCUT2D eigenvalue weighted by Crippen LogP contribution is 2.32. The van der Waals surface area contributed by atoms with E-state index in [-0.39, 0.29) is 6.54 Å². The first-order chi connectivity index (χ1) is 16.9.